The highest BCUT2D eigenvalue weighted by Crippen LogP contribution is 2.32. The van der Waals surface area contributed by atoms with E-state index in [2.05, 4.69) is 0 Å². The number of aromatic nitrogens is 1. The first kappa shape index (κ1) is 15.0. The minimum atomic E-state index is -1.07. The molecule has 1 N–H and O–H groups in total. The smallest absolute Gasteiger partial charge is 0.307 e. The summed E-state index contributed by atoms with van der Waals surface area (Å²) in [5.74, 6) is -1.19. The number of halogens is 1. The van der Waals surface area contributed by atoms with Gasteiger partial charge in [0.05, 0.1) is 11.8 Å². The quantitative estimate of drug-likeness (QED) is 0.806. The molecule has 6 heteroatoms. The molecule has 3 aromatic rings. The van der Waals surface area contributed by atoms with Gasteiger partial charge in [0.2, 0.25) is 0 Å². The van der Waals surface area contributed by atoms with Crippen molar-refractivity contribution in [2.45, 2.75) is 13.3 Å². The van der Waals surface area contributed by atoms with Crippen molar-refractivity contribution in [1.29, 1.82) is 0 Å². The van der Waals surface area contributed by atoms with Crippen molar-refractivity contribution in [2.75, 3.05) is 0 Å². The standard InChI is InChI=1S/C17H14FNO4/c1-9-7-13-15(17(22)19(9)2)12(8-14(20)21)16(23-13)10-3-5-11(18)6-4-10/h3-7H,8H2,1-2H3,(H,20,21). The third kappa shape index (κ3) is 2.52. The van der Waals surface area contributed by atoms with E-state index in [4.69, 9.17) is 9.52 Å². The minimum absolute atomic E-state index is 0.250. The molecule has 1 aromatic carbocycles. The summed E-state index contributed by atoms with van der Waals surface area (Å²) in [6.45, 7) is 1.76. The average molecular weight is 315 g/mol. The van der Waals surface area contributed by atoms with Gasteiger partial charge in [-0.05, 0) is 31.2 Å². The topological polar surface area (TPSA) is 72.4 Å². The molecule has 2 aromatic heterocycles. The van der Waals surface area contributed by atoms with Crippen molar-refractivity contribution < 1.29 is 18.7 Å². The first-order chi connectivity index (χ1) is 10.9. The lowest BCUT2D eigenvalue weighted by atomic mass is 10.0. The molecule has 0 bridgehead atoms. The maximum Gasteiger partial charge on any atom is 0.307 e. The van der Waals surface area contributed by atoms with E-state index < -0.39 is 11.8 Å². The Balaban J connectivity index is 2.37. The predicted molar refractivity (Wildman–Crippen MR) is 82.9 cm³/mol. The zero-order chi connectivity index (χ0) is 16.7. The van der Waals surface area contributed by atoms with Gasteiger partial charge in [0.15, 0.2) is 0 Å². The van der Waals surface area contributed by atoms with Gasteiger partial charge in [0, 0.05) is 29.9 Å². The second kappa shape index (κ2) is 5.39. The first-order valence-electron chi connectivity index (χ1n) is 6.98. The lowest BCUT2D eigenvalue weighted by Crippen LogP contribution is -2.19. The van der Waals surface area contributed by atoms with Gasteiger partial charge in [-0.3, -0.25) is 9.59 Å². The number of furan rings is 1. The first-order valence-corrected chi connectivity index (χ1v) is 6.98. The van der Waals surface area contributed by atoms with Gasteiger partial charge in [0.1, 0.15) is 17.2 Å². The monoisotopic (exact) mass is 315 g/mol. The Hall–Kier alpha value is -2.89. The highest BCUT2D eigenvalue weighted by Gasteiger charge is 2.22. The van der Waals surface area contributed by atoms with Gasteiger partial charge in [-0.2, -0.15) is 0 Å². The third-order valence-corrected chi connectivity index (χ3v) is 3.86. The third-order valence-electron chi connectivity index (χ3n) is 3.86. The Kier molecular flexibility index (Phi) is 3.52. The van der Waals surface area contributed by atoms with Gasteiger partial charge in [-0.1, -0.05) is 0 Å². The molecule has 0 saturated heterocycles. The number of hydrogen-bond donors (Lipinski definition) is 1. The summed E-state index contributed by atoms with van der Waals surface area (Å²) in [5, 5.41) is 9.41. The number of pyridine rings is 1. The Morgan fingerprint density at radius 3 is 2.57 bits per heavy atom. The van der Waals surface area contributed by atoms with Gasteiger partial charge >= 0.3 is 5.97 Å². The maximum atomic E-state index is 13.1. The molecular weight excluding hydrogens is 301 g/mol. The van der Waals surface area contributed by atoms with Crippen LogP contribution in [0.15, 0.2) is 39.5 Å². The normalized spacial score (nSPS) is 11.1. The SMILES string of the molecule is Cc1cc2oc(-c3ccc(F)cc3)c(CC(=O)O)c2c(=O)n1C. The molecular formula is C17H14FNO4. The molecule has 0 amide bonds. The molecule has 0 spiro atoms. The van der Waals surface area contributed by atoms with Crippen LogP contribution < -0.4 is 5.56 Å². The second-order valence-corrected chi connectivity index (χ2v) is 5.38. The van der Waals surface area contributed by atoms with E-state index in [1.165, 1.54) is 28.8 Å². The highest BCUT2D eigenvalue weighted by molar-refractivity contribution is 5.91. The van der Waals surface area contributed by atoms with Crippen molar-refractivity contribution in [3.05, 3.63) is 57.8 Å². The Morgan fingerprint density at radius 1 is 1.30 bits per heavy atom. The summed E-state index contributed by atoms with van der Waals surface area (Å²) >= 11 is 0. The number of aliphatic carboxylic acids is 1. The summed E-state index contributed by atoms with van der Waals surface area (Å²) in [5.41, 5.74) is 1.55. The van der Waals surface area contributed by atoms with Crippen LogP contribution in [0.2, 0.25) is 0 Å². The molecule has 3 rings (SSSR count). The Morgan fingerprint density at radius 2 is 1.96 bits per heavy atom. The molecule has 2 heterocycles. The molecule has 23 heavy (non-hydrogen) atoms. The molecule has 0 aliphatic carbocycles. The minimum Gasteiger partial charge on any atom is -0.481 e. The molecule has 0 saturated carbocycles. The largest absolute Gasteiger partial charge is 0.481 e. The van der Waals surface area contributed by atoms with Gasteiger partial charge in [0.25, 0.3) is 5.56 Å². The molecule has 118 valence electrons. The fourth-order valence-electron chi connectivity index (χ4n) is 2.59. The summed E-state index contributed by atoms with van der Waals surface area (Å²) in [7, 11) is 1.62. The number of carboxylic acid groups (broad SMARTS) is 1. The highest BCUT2D eigenvalue weighted by atomic mass is 19.1. The van der Waals surface area contributed by atoms with Gasteiger partial charge in [-0.25, -0.2) is 4.39 Å². The summed E-state index contributed by atoms with van der Waals surface area (Å²) < 4.78 is 20.3. The van der Waals surface area contributed by atoms with E-state index in [1.807, 2.05) is 0 Å². The molecule has 0 fully saturated rings. The molecule has 0 aliphatic heterocycles. The van der Waals surface area contributed by atoms with Crippen molar-refractivity contribution in [1.82, 2.24) is 4.57 Å². The van der Waals surface area contributed by atoms with Gasteiger partial charge < -0.3 is 14.1 Å². The lowest BCUT2D eigenvalue weighted by Gasteiger charge is -2.03. The number of carboxylic acids is 1. The predicted octanol–water partition coefficient (Wildman–Crippen LogP) is 2.87. The van der Waals surface area contributed by atoms with E-state index in [0.717, 1.165) is 0 Å². The number of nitrogens with zero attached hydrogens (tertiary/aromatic N) is 1. The molecule has 0 unspecified atom stereocenters. The fourth-order valence-corrected chi connectivity index (χ4v) is 2.59. The van der Waals surface area contributed by atoms with Crippen LogP contribution in [0.3, 0.4) is 0 Å². The average Bonchev–Trinajstić information content (AvgIpc) is 2.83. The molecule has 5 nitrogen and oxygen atoms in total. The summed E-state index contributed by atoms with van der Waals surface area (Å²) in [6, 6.07) is 7.20. The Labute approximate surface area is 130 Å². The summed E-state index contributed by atoms with van der Waals surface area (Å²) in [4.78, 5) is 23.7. The second-order valence-electron chi connectivity index (χ2n) is 5.38. The van der Waals surface area contributed by atoms with Crippen LogP contribution in [-0.2, 0) is 18.3 Å². The number of aryl methyl sites for hydroxylation is 1. The molecule has 0 atom stereocenters. The van der Waals surface area contributed by atoms with Crippen LogP contribution in [0.25, 0.3) is 22.3 Å². The van der Waals surface area contributed by atoms with Gasteiger partial charge in [-0.15, -0.1) is 0 Å². The van der Waals surface area contributed by atoms with Crippen molar-refractivity contribution in [3.63, 3.8) is 0 Å². The maximum absolute atomic E-state index is 13.1. The van der Waals surface area contributed by atoms with E-state index in [-0.39, 0.29) is 23.1 Å². The zero-order valence-electron chi connectivity index (χ0n) is 12.6. The number of rotatable bonds is 3. The molecule has 0 aliphatic rings. The lowest BCUT2D eigenvalue weighted by molar-refractivity contribution is -0.136. The number of fused-ring (bicyclic) bond motifs is 1. The van der Waals surface area contributed by atoms with Crippen LogP contribution >= 0.6 is 0 Å². The van der Waals surface area contributed by atoms with Crippen LogP contribution in [0.5, 0.6) is 0 Å². The van der Waals surface area contributed by atoms with Crippen LogP contribution in [0, 0.1) is 12.7 Å². The Bertz CT molecular complexity index is 967. The number of benzene rings is 1. The number of carbonyl (C=O) groups is 1. The summed E-state index contributed by atoms with van der Waals surface area (Å²) in [6.07, 6.45) is -0.349. The van der Waals surface area contributed by atoms with Crippen LogP contribution in [0.4, 0.5) is 4.39 Å². The van der Waals surface area contributed by atoms with Crippen molar-refractivity contribution >= 4 is 16.9 Å². The van der Waals surface area contributed by atoms with E-state index >= 15 is 0 Å². The van der Waals surface area contributed by atoms with E-state index in [0.29, 0.717) is 22.4 Å². The number of hydrogen-bond acceptors (Lipinski definition) is 3. The molecule has 0 radical (unpaired) electrons. The van der Waals surface area contributed by atoms with E-state index in [1.54, 1.807) is 20.0 Å². The van der Waals surface area contributed by atoms with E-state index in [9.17, 15) is 14.0 Å². The van der Waals surface area contributed by atoms with Crippen LogP contribution in [0.1, 0.15) is 11.3 Å². The van der Waals surface area contributed by atoms with Crippen molar-refractivity contribution in [2.24, 2.45) is 7.05 Å². The fraction of sp³-hybridized carbons (Fsp3) is 0.176. The zero-order valence-corrected chi connectivity index (χ0v) is 12.6. The van der Waals surface area contributed by atoms with Crippen LogP contribution in [-0.4, -0.2) is 15.6 Å². The van der Waals surface area contributed by atoms with Crippen molar-refractivity contribution in [3.8, 4) is 11.3 Å².